The Labute approximate surface area is 132 Å². The molecule has 0 saturated heterocycles. The highest BCUT2D eigenvalue weighted by Crippen LogP contribution is 2.18. The van der Waals surface area contributed by atoms with Crippen molar-refractivity contribution in [1.82, 2.24) is 14.6 Å². The lowest BCUT2D eigenvalue weighted by atomic mass is 10.1. The van der Waals surface area contributed by atoms with Crippen LogP contribution in [-0.2, 0) is 9.84 Å². The fourth-order valence-electron chi connectivity index (χ4n) is 2.26. The second-order valence-electron chi connectivity index (χ2n) is 5.14. The third-order valence-corrected chi connectivity index (χ3v) is 4.62. The van der Waals surface area contributed by atoms with Gasteiger partial charge < -0.3 is 5.32 Å². The molecular weight excluding hydrogens is 316 g/mol. The summed E-state index contributed by atoms with van der Waals surface area (Å²) < 4.78 is 25.0. The molecule has 0 saturated carbocycles. The molecule has 0 aliphatic heterocycles. The van der Waals surface area contributed by atoms with Gasteiger partial charge in [-0.25, -0.2) is 13.4 Å². The maximum Gasteiger partial charge on any atom is 0.256 e. The Morgan fingerprint density at radius 1 is 1.17 bits per heavy atom. The lowest BCUT2D eigenvalue weighted by Crippen LogP contribution is -2.16. The maximum absolute atomic E-state index is 12.4. The van der Waals surface area contributed by atoms with Crippen LogP contribution in [0.3, 0.4) is 0 Å². The number of aromatic nitrogens is 3. The first kappa shape index (κ1) is 15.2. The molecule has 1 amide bonds. The average Bonchev–Trinajstić information content (AvgIpc) is 2.96. The summed E-state index contributed by atoms with van der Waals surface area (Å²) in [5, 5.41) is 6.79. The van der Waals surface area contributed by atoms with Gasteiger partial charge in [0.2, 0.25) is 0 Å². The maximum atomic E-state index is 12.4. The quantitative estimate of drug-likeness (QED) is 0.789. The van der Waals surface area contributed by atoms with E-state index in [0.717, 1.165) is 6.26 Å². The van der Waals surface area contributed by atoms with Crippen molar-refractivity contribution in [3.05, 3.63) is 53.9 Å². The summed E-state index contributed by atoms with van der Waals surface area (Å²) in [6.07, 6.45) is 4.25. The van der Waals surface area contributed by atoms with Crippen molar-refractivity contribution < 1.29 is 13.2 Å². The molecule has 23 heavy (non-hydrogen) atoms. The van der Waals surface area contributed by atoms with E-state index in [4.69, 9.17) is 0 Å². The zero-order chi connectivity index (χ0) is 16.6. The standard InChI is InChI=1S/C15H14N4O3S/c1-10-3-4-11(9-12(10)23(2,21)22)15(20)18-14-5-7-16-13-6-8-17-19(13)14/h3-9H,1-2H3,(H,18,20). The Hall–Kier alpha value is -2.74. The van der Waals surface area contributed by atoms with Crippen LogP contribution in [0.15, 0.2) is 47.6 Å². The molecule has 2 aromatic heterocycles. The number of benzene rings is 1. The van der Waals surface area contributed by atoms with Gasteiger partial charge in [0.1, 0.15) is 5.82 Å². The first-order valence-corrected chi connectivity index (χ1v) is 8.66. The molecule has 1 N–H and O–H groups in total. The Bertz CT molecular complexity index is 1010. The second-order valence-corrected chi connectivity index (χ2v) is 7.12. The highest BCUT2D eigenvalue weighted by atomic mass is 32.2. The molecule has 118 valence electrons. The molecule has 0 atom stereocenters. The largest absolute Gasteiger partial charge is 0.306 e. The van der Waals surface area contributed by atoms with Crippen molar-refractivity contribution in [3.8, 4) is 0 Å². The fourth-order valence-corrected chi connectivity index (χ4v) is 3.25. The fraction of sp³-hybridized carbons (Fsp3) is 0.133. The number of carbonyl (C=O) groups excluding carboxylic acids is 1. The highest BCUT2D eigenvalue weighted by molar-refractivity contribution is 7.90. The number of nitrogens with zero attached hydrogens (tertiary/aromatic N) is 3. The monoisotopic (exact) mass is 330 g/mol. The Morgan fingerprint density at radius 3 is 2.70 bits per heavy atom. The highest BCUT2D eigenvalue weighted by Gasteiger charge is 2.15. The second kappa shape index (κ2) is 5.47. The number of fused-ring (bicyclic) bond motifs is 1. The summed E-state index contributed by atoms with van der Waals surface area (Å²) in [5.74, 6) is 0.0318. The molecule has 3 aromatic rings. The van der Waals surface area contributed by atoms with Crippen molar-refractivity contribution in [2.24, 2.45) is 0 Å². The van der Waals surface area contributed by atoms with Crippen LogP contribution < -0.4 is 5.32 Å². The topological polar surface area (TPSA) is 93.4 Å². The van der Waals surface area contributed by atoms with Crippen LogP contribution in [-0.4, -0.2) is 35.2 Å². The Morgan fingerprint density at radius 2 is 1.96 bits per heavy atom. The van der Waals surface area contributed by atoms with E-state index in [-0.39, 0.29) is 10.5 Å². The molecule has 0 fully saturated rings. The van der Waals surface area contributed by atoms with Crippen molar-refractivity contribution in [3.63, 3.8) is 0 Å². The number of hydrogen-bond donors (Lipinski definition) is 1. The zero-order valence-corrected chi connectivity index (χ0v) is 13.3. The van der Waals surface area contributed by atoms with Crippen LogP contribution in [0.1, 0.15) is 15.9 Å². The summed E-state index contributed by atoms with van der Waals surface area (Å²) in [4.78, 5) is 16.7. The smallest absolute Gasteiger partial charge is 0.256 e. The predicted octanol–water partition coefficient (Wildman–Crippen LogP) is 1.69. The Balaban J connectivity index is 1.97. The van der Waals surface area contributed by atoms with Crippen LogP contribution in [0.2, 0.25) is 0 Å². The lowest BCUT2D eigenvalue weighted by molar-refractivity contribution is 0.102. The number of rotatable bonds is 3. The van der Waals surface area contributed by atoms with Crippen molar-refractivity contribution in [2.45, 2.75) is 11.8 Å². The lowest BCUT2D eigenvalue weighted by Gasteiger charge is -2.09. The van der Waals surface area contributed by atoms with Crippen LogP contribution in [0, 0.1) is 6.92 Å². The number of amides is 1. The molecular formula is C15H14N4O3S. The molecule has 8 heteroatoms. The van der Waals surface area contributed by atoms with E-state index in [1.807, 2.05) is 0 Å². The van der Waals surface area contributed by atoms with Crippen LogP contribution in [0.4, 0.5) is 5.82 Å². The summed E-state index contributed by atoms with van der Waals surface area (Å²) in [7, 11) is -3.40. The van der Waals surface area contributed by atoms with Crippen LogP contribution in [0.25, 0.3) is 5.65 Å². The average molecular weight is 330 g/mol. The minimum atomic E-state index is -3.40. The molecule has 3 rings (SSSR count). The van der Waals surface area contributed by atoms with Gasteiger partial charge in [0.25, 0.3) is 5.91 Å². The molecule has 0 bridgehead atoms. The number of hydrogen-bond acceptors (Lipinski definition) is 5. The van der Waals surface area contributed by atoms with Gasteiger partial charge in [0.05, 0.1) is 11.1 Å². The first-order chi connectivity index (χ1) is 10.9. The van der Waals surface area contributed by atoms with Crippen molar-refractivity contribution >= 4 is 27.2 Å². The van der Waals surface area contributed by atoms with Crippen molar-refractivity contribution in [2.75, 3.05) is 11.6 Å². The molecule has 0 radical (unpaired) electrons. The van der Waals surface area contributed by atoms with Gasteiger partial charge in [-0.2, -0.15) is 9.61 Å². The Kier molecular flexibility index (Phi) is 3.61. The number of nitrogens with one attached hydrogen (secondary N) is 1. The van der Waals surface area contributed by atoms with Gasteiger partial charge in [0.15, 0.2) is 15.5 Å². The molecule has 0 spiro atoms. The number of sulfone groups is 1. The van der Waals surface area contributed by atoms with Gasteiger partial charge in [-0.1, -0.05) is 6.07 Å². The summed E-state index contributed by atoms with van der Waals surface area (Å²) in [5.41, 5.74) is 1.46. The molecule has 0 unspecified atom stereocenters. The van der Waals surface area contributed by atoms with Gasteiger partial charge in [0, 0.05) is 24.1 Å². The van der Waals surface area contributed by atoms with E-state index in [9.17, 15) is 13.2 Å². The normalized spacial score (nSPS) is 11.6. The summed E-state index contributed by atoms with van der Waals surface area (Å²) in [6, 6.07) is 7.90. The zero-order valence-electron chi connectivity index (χ0n) is 12.5. The van der Waals surface area contributed by atoms with Gasteiger partial charge in [-0.3, -0.25) is 4.79 Å². The van der Waals surface area contributed by atoms with Crippen LogP contribution in [0.5, 0.6) is 0 Å². The molecule has 7 nitrogen and oxygen atoms in total. The first-order valence-electron chi connectivity index (χ1n) is 6.77. The van der Waals surface area contributed by atoms with Crippen LogP contribution >= 0.6 is 0 Å². The van der Waals surface area contributed by atoms with Gasteiger partial charge >= 0.3 is 0 Å². The summed E-state index contributed by atoms with van der Waals surface area (Å²) >= 11 is 0. The molecule has 1 aromatic carbocycles. The van der Waals surface area contributed by atoms with Gasteiger partial charge in [-0.15, -0.1) is 0 Å². The van der Waals surface area contributed by atoms with E-state index in [0.29, 0.717) is 17.0 Å². The van der Waals surface area contributed by atoms with E-state index in [1.165, 1.54) is 10.6 Å². The van der Waals surface area contributed by atoms with E-state index >= 15 is 0 Å². The number of aryl methyl sites for hydroxylation is 1. The predicted molar refractivity (Wildman–Crippen MR) is 85.2 cm³/mol. The van der Waals surface area contributed by atoms with E-state index < -0.39 is 15.7 Å². The minimum Gasteiger partial charge on any atom is -0.306 e. The molecule has 2 heterocycles. The van der Waals surface area contributed by atoms with Crippen molar-refractivity contribution in [1.29, 1.82) is 0 Å². The third-order valence-electron chi connectivity index (χ3n) is 3.38. The van der Waals surface area contributed by atoms with Gasteiger partial charge in [-0.05, 0) is 30.7 Å². The molecule has 0 aliphatic carbocycles. The number of anilines is 1. The number of carbonyl (C=O) groups is 1. The van der Waals surface area contributed by atoms with E-state index in [1.54, 1.807) is 43.6 Å². The minimum absolute atomic E-state index is 0.143. The summed E-state index contributed by atoms with van der Waals surface area (Å²) in [6.45, 7) is 1.69. The van der Waals surface area contributed by atoms with E-state index in [2.05, 4.69) is 15.4 Å². The molecule has 0 aliphatic rings. The third kappa shape index (κ3) is 2.93. The SMILES string of the molecule is Cc1ccc(C(=O)Nc2ccnc3ccnn23)cc1S(C)(=O)=O.